The Hall–Kier alpha value is -3.20. The van der Waals surface area contributed by atoms with E-state index in [1.807, 2.05) is 36.4 Å². The average Bonchev–Trinajstić information content (AvgIpc) is 3.37. The quantitative estimate of drug-likeness (QED) is 0.768. The Labute approximate surface area is 186 Å². The van der Waals surface area contributed by atoms with Gasteiger partial charge >= 0.3 is 0 Å². The number of amides is 2. The molecule has 2 amide bonds. The molecule has 8 nitrogen and oxygen atoms in total. The van der Waals surface area contributed by atoms with Crippen LogP contribution in [0.25, 0.3) is 0 Å². The molecule has 1 fully saturated rings. The SMILES string of the molecule is O=C(Nc1ccccc1N1CCc2ccccc21)C1=NN(C2CCS(=O)(=O)C2)C(=O)CC1. The van der Waals surface area contributed by atoms with Gasteiger partial charge in [-0.25, -0.2) is 13.4 Å². The van der Waals surface area contributed by atoms with Crippen LogP contribution >= 0.6 is 0 Å². The van der Waals surface area contributed by atoms with Crippen LogP contribution in [0.3, 0.4) is 0 Å². The van der Waals surface area contributed by atoms with Crippen LogP contribution in [0.5, 0.6) is 0 Å². The number of benzene rings is 2. The van der Waals surface area contributed by atoms with E-state index in [9.17, 15) is 18.0 Å². The number of hydrogen-bond acceptors (Lipinski definition) is 6. The highest BCUT2D eigenvalue weighted by Crippen LogP contribution is 2.38. The van der Waals surface area contributed by atoms with Crippen molar-refractivity contribution < 1.29 is 18.0 Å². The number of hydrazone groups is 1. The molecule has 5 rings (SSSR count). The number of carbonyl (C=O) groups excluding carboxylic acids is 2. The molecule has 9 heteroatoms. The summed E-state index contributed by atoms with van der Waals surface area (Å²) in [6.07, 6.45) is 1.66. The maximum absolute atomic E-state index is 13.1. The first-order chi connectivity index (χ1) is 15.4. The molecule has 0 aromatic heterocycles. The lowest BCUT2D eigenvalue weighted by Gasteiger charge is -2.28. The Morgan fingerprint density at radius 3 is 2.53 bits per heavy atom. The van der Waals surface area contributed by atoms with Crippen molar-refractivity contribution in [3.05, 3.63) is 54.1 Å². The van der Waals surface area contributed by atoms with Gasteiger partial charge in [-0.3, -0.25) is 9.59 Å². The van der Waals surface area contributed by atoms with Gasteiger partial charge in [0.15, 0.2) is 9.84 Å². The molecule has 2 aromatic rings. The van der Waals surface area contributed by atoms with Gasteiger partial charge in [-0.05, 0) is 36.6 Å². The summed E-state index contributed by atoms with van der Waals surface area (Å²) in [6, 6.07) is 15.3. The number of rotatable bonds is 4. The van der Waals surface area contributed by atoms with Crippen LogP contribution < -0.4 is 10.2 Å². The number of hydrogen-bond donors (Lipinski definition) is 1. The van der Waals surface area contributed by atoms with E-state index in [4.69, 9.17) is 0 Å². The molecule has 0 spiro atoms. The van der Waals surface area contributed by atoms with E-state index in [-0.39, 0.29) is 41.9 Å². The van der Waals surface area contributed by atoms with Crippen molar-refractivity contribution in [2.24, 2.45) is 5.10 Å². The largest absolute Gasteiger partial charge is 0.339 e. The highest BCUT2D eigenvalue weighted by molar-refractivity contribution is 7.91. The second-order valence-corrected chi connectivity index (χ2v) is 10.6. The van der Waals surface area contributed by atoms with Crippen molar-refractivity contribution in [2.75, 3.05) is 28.3 Å². The number of para-hydroxylation sites is 3. The second-order valence-electron chi connectivity index (χ2n) is 8.34. The maximum atomic E-state index is 13.1. The number of carbonyl (C=O) groups is 2. The van der Waals surface area contributed by atoms with Crippen molar-refractivity contribution >= 4 is 44.4 Å². The third-order valence-electron chi connectivity index (χ3n) is 6.21. The molecule has 1 saturated heterocycles. The summed E-state index contributed by atoms with van der Waals surface area (Å²) in [5, 5.41) is 8.46. The Bertz CT molecular complexity index is 1220. The van der Waals surface area contributed by atoms with Crippen LogP contribution in [0.2, 0.25) is 0 Å². The third-order valence-corrected chi connectivity index (χ3v) is 7.96. The Kier molecular flexibility index (Phi) is 5.21. The highest BCUT2D eigenvalue weighted by Gasteiger charge is 2.37. The minimum Gasteiger partial charge on any atom is -0.339 e. The molecule has 2 aromatic carbocycles. The van der Waals surface area contributed by atoms with E-state index in [2.05, 4.69) is 27.5 Å². The monoisotopic (exact) mass is 452 g/mol. The molecule has 0 radical (unpaired) electrons. The van der Waals surface area contributed by atoms with Gasteiger partial charge in [-0.1, -0.05) is 30.3 Å². The standard InChI is InChI=1S/C23H24N4O4S/c28-22-10-9-19(25-27(22)17-12-14-32(30,31)15-17)23(29)24-18-6-2-4-8-21(18)26-13-11-16-5-1-3-7-20(16)26/h1-8,17H,9-15H2,(H,24,29). The summed E-state index contributed by atoms with van der Waals surface area (Å²) < 4.78 is 23.7. The predicted octanol–water partition coefficient (Wildman–Crippen LogP) is 2.48. The summed E-state index contributed by atoms with van der Waals surface area (Å²) in [5.41, 5.74) is 4.21. The zero-order valence-corrected chi connectivity index (χ0v) is 18.3. The molecule has 3 heterocycles. The van der Waals surface area contributed by atoms with Crippen LogP contribution in [-0.4, -0.2) is 55.0 Å². The minimum absolute atomic E-state index is 0.0448. The van der Waals surface area contributed by atoms with Gasteiger partial charge in [0, 0.05) is 25.1 Å². The number of sulfone groups is 1. The van der Waals surface area contributed by atoms with Gasteiger partial charge in [-0.2, -0.15) is 5.10 Å². The Morgan fingerprint density at radius 2 is 1.75 bits per heavy atom. The second kappa shape index (κ2) is 8.05. The summed E-state index contributed by atoms with van der Waals surface area (Å²) >= 11 is 0. The molecule has 0 aliphatic carbocycles. The van der Waals surface area contributed by atoms with Crippen LogP contribution in [0, 0.1) is 0 Å². The highest BCUT2D eigenvalue weighted by atomic mass is 32.2. The number of nitrogens with zero attached hydrogens (tertiary/aromatic N) is 3. The molecule has 0 bridgehead atoms. The fourth-order valence-corrected chi connectivity index (χ4v) is 6.28. The first kappa shape index (κ1) is 20.7. The smallest absolute Gasteiger partial charge is 0.271 e. The van der Waals surface area contributed by atoms with Crippen LogP contribution in [0.1, 0.15) is 24.8 Å². The molecule has 1 N–H and O–H groups in total. The molecule has 0 saturated carbocycles. The van der Waals surface area contributed by atoms with Crippen molar-refractivity contribution in [3.63, 3.8) is 0 Å². The first-order valence-electron chi connectivity index (χ1n) is 10.8. The van der Waals surface area contributed by atoms with Gasteiger partial charge in [0.1, 0.15) is 5.71 Å². The van der Waals surface area contributed by atoms with Crippen LogP contribution in [0.15, 0.2) is 53.6 Å². The third kappa shape index (κ3) is 3.88. The van der Waals surface area contributed by atoms with E-state index >= 15 is 0 Å². The lowest BCUT2D eigenvalue weighted by Crippen LogP contribution is -2.42. The molecule has 1 unspecified atom stereocenters. The normalized spacial score (nSPS) is 21.9. The van der Waals surface area contributed by atoms with Gasteiger partial charge < -0.3 is 10.2 Å². The summed E-state index contributed by atoms with van der Waals surface area (Å²) in [4.78, 5) is 27.6. The average molecular weight is 453 g/mol. The molecular formula is C23H24N4O4S. The van der Waals surface area contributed by atoms with Gasteiger partial charge in [0.2, 0.25) is 5.91 Å². The number of anilines is 3. The Balaban J connectivity index is 1.38. The van der Waals surface area contributed by atoms with Crippen molar-refractivity contribution in [1.29, 1.82) is 0 Å². The Morgan fingerprint density at radius 1 is 1.00 bits per heavy atom. The van der Waals surface area contributed by atoms with Crippen molar-refractivity contribution in [1.82, 2.24) is 5.01 Å². The summed E-state index contributed by atoms with van der Waals surface area (Å²) in [7, 11) is -3.16. The number of nitrogens with one attached hydrogen (secondary N) is 1. The molecule has 32 heavy (non-hydrogen) atoms. The predicted molar refractivity (Wildman–Crippen MR) is 123 cm³/mol. The molecule has 3 aliphatic rings. The lowest BCUT2D eigenvalue weighted by atomic mass is 10.1. The maximum Gasteiger partial charge on any atom is 0.271 e. The molecule has 166 valence electrons. The van der Waals surface area contributed by atoms with E-state index < -0.39 is 15.9 Å². The molecular weight excluding hydrogens is 428 g/mol. The van der Waals surface area contributed by atoms with Crippen LogP contribution in [0.4, 0.5) is 17.1 Å². The minimum atomic E-state index is -3.16. The fraction of sp³-hybridized carbons (Fsp3) is 0.348. The van der Waals surface area contributed by atoms with Crippen molar-refractivity contribution in [3.8, 4) is 0 Å². The summed E-state index contributed by atoms with van der Waals surface area (Å²) in [6.45, 7) is 0.825. The van der Waals surface area contributed by atoms with E-state index in [0.29, 0.717) is 12.1 Å². The first-order valence-corrected chi connectivity index (χ1v) is 12.6. The zero-order chi connectivity index (χ0) is 22.3. The summed E-state index contributed by atoms with van der Waals surface area (Å²) in [5.74, 6) is -0.668. The van der Waals surface area contributed by atoms with Crippen molar-refractivity contribution in [2.45, 2.75) is 31.7 Å². The van der Waals surface area contributed by atoms with E-state index in [1.54, 1.807) is 0 Å². The lowest BCUT2D eigenvalue weighted by molar-refractivity contribution is -0.133. The molecule has 3 aliphatic heterocycles. The topological polar surface area (TPSA) is 99.2 Å². The van der Waals surface area contributed by atoms with Gasteiger partial charge in [-0.15, -0.1) is 0 Å². The number of fused-ring (bicyclic) bond motifs is 1. The van der Waals surface area contributed by atoms with Gasteiger partial charge in [0.05, 0.1) is 28.9 Å². The zero-order valence-electron chi connectivity index (χ0n) is 17.5. The van der Waals surface area contributed by atoms with E-state index in [0.717, 1.165) is 24.3 Å². The molecule has 1 atom stereocenters. The van der Waals surface area contributed by atoms with Crippen LogP contribution in [-0.2, 0) is 25.8 Å². The fourth-order valence-electron chi connectivity index (χ4n) is 4.59. The van der Waals surface area contributed by atoms with E-state index in [1.165, 1.54) is 10.6 Å². The van der Waals surface area contributed by atoms with Gasteiger partial charge in [0.25, 0.3) is 5.91 Å².